The van der Waals surface area contributed by atoms with Crippen LogP contribution in [0.2, 0.25) is 5.02 Å². The van der Waals surface area contributed by atoms with Crippen LogP contribution in [-0.4, -0.2) is 29.3 Å². The summed E-state index contributed by atoms with van der Waals surface area (Å²) in [7, 11) is 0. The van der Waals surface area contributed by atoms with Crippen LogP contribution in [0, 0.1) is 0 Å². The van der Waals surface area contributed by atoms with Gasteiger partial charge >= 0.3 is 0 Å². The highest BCUT2D eigenvalue weighted by Crippen LogP contribution is 2.23. The normalized spacial score (nSPS) is 22.2. The van der Waals surface area contributed by atoms with Gasteiger partial charge in [-0.1, -0.05) is 24.9 Å². The predicted molar refractivity (Wildman–Crippen MR) is 79.9 cm³/mol. The van der Waals surface area contributed by atoms with Crippen LogP contribution in [0.25, 0.3) is 0 Å². The fraction of sp³-hybridized carbons (Fsp3) is 0.562. The molecule has 0 bridgehead atoms. The van der Waals surface area contributed by atoms with Crippen LogP contribution in [0.3, 0.4) is 0 Å². The Kier molecular flexibility index (Phi) is 5.00. The van der Waals surface area contributed by atoms with E-state index in [4.69, 9.17) is 11.6 Å². The molecule has 0 radical (unpaired) electrons. The molecule has 1 aromatic carbocycles. The van der Waals surface area contributed by atoms with Crippen molar-refractivity contribution in [3.8, 4) is 0 Å². The quantitative estimate of drug-likeness (QED) is 0.771. The predicted octanol–water partition coefficient (Wildman–Crippen LogP) is 4.18. The van der Waals surface area contributed by atoms with Crippen LogP contribution in [0.15, 0.2) is 24.3 Å². The summed E-state index contributed by atoms with van der Waals surface area (Å²) < 4.78 is 0. The summed E-state index contributed by atoms with van der Waals surface area (Å²) in [6.45, 7) is 5.28. The van der Waals surface area contributed by atoms with Crippen LogP contribution in [0.4, 0.5) is 0 Å². The number of nitrogens with zero attached hydrogens (tertiary/aromatic N) is 1. The van der Waals surface area contributed by atoms with Crippen molar-refractivity contribution >= 4 is 17.4 Å². The van der Waals surface area contributed by atoms with Crippen LogP contribution < -0.4 is 0 Å². The molecule has 0 saturated carbocycles. The Morgan fingerprint density at radius 1 is 1.37 bits per heavy atom. The molecule has 0 spiro atoms. The number of hydrogen-bond donors (Lipinski definition) is 0. The number of ketones is 1. The van der Waals surface area contributed by atoms with E-state index in [2.05, 4.69) is 11.8 Å². The SMILES string of the molecule is CCC1CCCCN1C(C)C(=O)c1ccc(Cl)cc1. The average Bonchev–Trinajstić information content (AvgIpc) is 2.46. The third kappa shape index (κ3) is 3.37. The number of piperidine rings is 1. The van der Waals surface area contributed by atoms with Crippen molar-refractivity contribution in [3.05, 3.63) is 34.9 Å². The second kappa shape index (κ2) is 6.53. The van der Waals surface area contributed by atoms with E-state index in [0.29, 0.717) is 11.1 Å². The lowest BCUT2D eigenvalue weighted by Crippen LogP contribution is -2.48. The Morgan fingerprint density at radius 2 is 2.05 bits per heavy atom. The van der Waals surface area contributed by atoms with E-state index in [9.17, 15) is 4.79 Å². The number of carbonyl (C=O) groups excluding carboxylic acids is 1. The number of rotatable bonds is 4. The first-order valence-electron chi connectivity index (χ1n) is 7.19. The topological polar surface area (TPSA) is 20.3 Å². The largest absolute Gasteiger partial charge is 0.292 e. The molecule has 0 amide bonds. The number of Topliss-reactive ketones (excluding diaryl/α,β-unsaturated/α-hetero) is 1. The molecule has 2 rings (SSSR count). The molecule has 0 N–H and O–H groups in total. The molecule has 19 heavy (non-hydrogen) atoms. The Hall–Kier alpha value is -0.860. The highest BCUT2D eigenvalue weighted by molar-refractivity contribution is 6.30. The number of benzene rings is 1. The first-order valence-corrected chi connectivity index (χ1v) is 7.56. The smallest absolute Gasteiger partial charge is 0.179 e. The van der Waals surface area contributed by atoms with Crippen molar-refractivity contribution in [3.63, 3.8) is 0 Å². The van der Waals surface area contributed by atoms with Gasteiger partial charge in [0.1, 0.15) is 0 Å². The number of carbonyl (C=O) groups is 1. The average molecular weight is 280 g/mol. The van der Waals surface area contributed by atoms with Crippen molar-refractivity contribution in [1.82, 2.24) is 4.90 Å². The van der Waals surface area contributed by atoms with Gasteiger partial charge in [0.05, 0.1) is 6.04 Å². The van der Waals surface area contributed by atoms with Gasteiger partial charge in [0, 0.05) is 16.6 Å². The lowest BCUT2D eigenvalue weighted by molar-refractivity contribution is 0.0661. The Bertz CT molecular complexity index is 429. The molecule has 104 valence electrons. The minimum atomic E-state index is -0.0357. The lowest BCUT2D eigenvalue weighted by atomic mass is 9.95. The summed E-state index contributed by atoms with van der Waals surface area (Å²) in [5, 5.41) is 0.675. The van der Waals surface area contributed by atoms with Gasteiger partial charge in [0.15, 0.2) is 5.78 Å². The Morgan fingerprint density at radius 3 is 2.68 bits per heavy atom. The van der Waals surface area contributed by atoms with E-state index >= 15 is 0 Å². The summed E-state index contributed by atoms with van der Waals surface area (Å²) in [5.41, 5.74) is 0.761. The maximum atomic E-state index is 12.5. The summed E-state index contributed by atoms with van der Waals surface area (Å²) in [6.07, 6.45) is 4.83. The molecule has 2 unspecified atom stereocenters. The minimum absolute atomic E-state index is 0.0357. The maximum absolute atomic E-state index is 12.5. The monoisotopic (exact) mass is 279 g/mol. The van der Waals surface area contributed by atoms with Crippen LogP contribution in [0.5, 0.6) is 0 Å². The fourth-order valence-electron chi connectivity index (χ4n) is 2.98. The Labute approximate surface area is 120 Å². The molecule has 0 aromatic heterocycles. The minimum Gasteiger partial charge on any atom is -0.292 e. The highest BCUT2D eigenvalue weighted by atomic mass is 35.5. The molecule has 1 fully saturated rings. The summed E-state index contributed by atoms with van der Waals surface area (Å²) in [4.78, 5) is 14.9. The number of hydrogen-bond acceptors (Lipinski definition) is 2. The zero-order valence-corrected chi connectivity index (χ0v) is 12.5. The van der Waals surface area contributed by atoms with Gasteiger partial charge in [0.2, 0.25) is 0 Å². The summed E-state index contributed by atoms with van der Waals surface area (Å²) in [5.74, 6) is 0.206. The van der Waals surface area contributed by atoms with E-state index in [0.717, 1.165) is 18.5 Å². The van der Waals surface area contributed by atoms with Gasteiger partial charge < -0.3 is 0 Å². The molecule has 2 nitrogen and oxygen atoms in total. The van der Waals surface area contributed by atoms with Gasteiger partial charge in [-0.25, -0.2) is 0 Å². The summed E-state index contributed by atoms with van der Waals surface area (Å²) >= 11 is 5.87. The van der Waals surface area contributed by atoms with Crippen molar-refractivity contribution in [2.45, 2.75) is 51.6 Å². The van der Waals surface area contributed by atoms with Gasteiger partial charge in [-0.2, -0.15) is 0 Å². The maximum Gasteiger partial charge on any atom is 0.179 e. The van der Waals surface area contributed by atoms with Crippen LogP contribution in [-0.2, 0) is 0 Å². The van der Waals surface area contributed by atoms with Crippen LogP contribution in [0.1, 0.15) is 49.9 Å². The number of likely N-dealkylation sites (tertiary alicyclic amines) is 1. The summed E-state index contributed by atoms with van der Waals surface area (Å²) in [6, 6.07) is 7.74. The van der Waals surface area contributed by atoms with Crippen molar-refractivity contribution < 1.29 is 4.79 Å². The van der Waals surface area contributed by atoms with E-state index in [1.165, 1.54) is 19.3 Å². The molecule has 2 atom stereocenters. The Balaban J connectivity index is 2.11. The third-order valence-corrected chi connectivity index (χ3v) is 4.40. The highest BCUT2D eigenvalue weighted by Gasteiger charge is 2.29. The number of halogens is 1. The fourth-order valence-corrected chi connectivity index (χ4v) is 3.10. The zero-order valence-electron chi connectivity index (χ0n) is 11.7. The standard InChI is InChI=1S/C16H22ClNO/c1-3-15-6-4-5-11-18(15)12(2)16(19)13-7-9-14(17)10-8-13/h7-10,12,15H,3-6,11H2,1-2H3. The molecule has 1 aliphatic heterocycles. The van der Waals surface area contributed by atoms with E-state index in [-0.39, 0.29) is 11.8 Å². The first kappa shape index (κ1) is 14.5. The molecule has 1 aliphatic rings. The lowest BCUT2D eigenvalue weighted by Gasteiger charge is -2.38. The molecule has 1 saturated heterocycles. The third-order valence-electron chi connectivity index (χ3n) is 4.15. The zero-order chi connectivity index (χ0) is 13.8. The van der Waals surface area contributed by atoms with E-state index in [1.54, 1.807) is 12.1 Å². The second-order valence-electron chi connectivity index (χ2n) is 5.34. The van der Waals surface area contributed by atoms with E-state index < -0.39 is 0 Å². The first-order chi connectivity index (χ1) is 9.13. The van der Waals surface area contributed by atoms with E-state index in [1.807, 2.05) is 19.1 Å². The van der Waals surface area contributed by atoms with Crippen LogP contribution >= 0.6 is 11.6 Å². The second-order valence-corrected chi connectivity index (χ2v) is 5.78. The molecule has 1 aromatic rings. The van der Waals surface area contributed by atoms with Crippen molar-refractivity contribution in [1.29, 1.82) is 0 Å². The molecule has 0 aliphatic carbocycles. The molecule has 1 heterocycles. The van der Waals surface area contributed by atoms with Gasteiger partial charge in [-0.05, 0) is 57.0 Å². The van der Waals surface area contributed by atoms with Crippen molar-refractivity contribution in [2.75, 3.05) is 6.54 Å². The molecular weight excluding hydrogens is 258 g/mol. The van der Waals surface area contributed by atoms with Gasteiger partial charge in [-0.15, -0.1) is 0 Å². The van der Waals surface area contributed by atoms with Gasteiger partial charge in [-0.3, -0.25) is 9.69 Å². The molecular formula is C16H22ClNO. The van der Waals surface area contributed by atoms with Crippen molar-refractivity contribution in [2.24, 2.45) is 0 Å². The van der Waals surface area contributed by atoms with Gasteiger partial charge in [0.25, 0.3) is 0 Å². The molecule has 3 heteroatoms.